The fourth-order valence-corrected chi connectivity index (χ4v) is 4.25. The summed E-state index contributed by atoms with van der Waals surface area (Å²) in [6, 6.07) is 2.69. The van der Waals surface area contributed by atoms with Gasteiger partial charge in [-0.05, 0) is 43.9 Å². The van der Waals surface area contributed by atoms with E-state index in [9.17, 15) is 5.26 Å². The second-order valence-corrected chi connectivity index (χ2v) is 6.84. The average molecular weight is 247 g/mol. The highest BCUT2D eigenvalue weighted by molar-refractivity contribution is 5.04. The van der Waals surface area contributed by atoms with Crippen LogP contribution in [-0.4, -0.2) is 0 Å². The zero-order chi connectivity index (χ0) is 12.8. The summed E-state index contributed by atoms with van der Waals surface area (Å²) in [5.74, 6) is 1.87. The maximum Gasteiger partial charge on any atom is 0.0689 e. The van der Waals surface area contributed by atoms with Gasteiger partial charge in [-0.1, -0.05) is 51.9 Å². The van der Waals surface area contributed by atoms with Crippen LogP contribution in [0.1, 0.15) is 84.0 Å². The van der Waals surface area contributed by atoms with Gasteiger partial charge in [0.25, 0.3) is 0 Å². The quantitative estimate of drug-likeness (QED) is 0.572. The summed E-state index contributed by atoms with van der Waals surface area (Å²) in [6.45, 7) is 2.25. The van der Waals surface area contributed by atoms with Crippen LogP contribution in [0.4, 0.5) is 0 Å². The van der Waals surface area contributed by atoms with E-state index in [2.05, 4.69) is 13.0 Å². The Kier molecular flexibility index (Phi) is 5.10. The predicted octanol–water partition coefficient (Wildman–Crippen LogP) is 5.46. The fourth-order valence-electron chi connectivity index (χ4n) is 4.25. The second-order valence-electron chi connectivity index (χ2n) is 6.84. The Bertz CT molecular complexity index is 284. The molecule has 0 N–H and O–H groups in total. The molecule has 2 rings (SSSR count). The first kappa shape index (κ1) is 13.9. The highest BCUT2D eigenvalue weighted by Crippen LogP contribution is 2.48. The van der Waals surface area contributed by atoms with Crippen LogP contribution in [0.25, 0.3) is 0 Å². The third-order valence-electron chi connectivity index (χ3n) is 5.35. The van der Waals surface area contributed by atoms with E-state index in [1.54, 1.807) is 0 Å². The minimum absolute atomic E-state index is 0.0679. The van der Waals surface area contributed by atoms with Crippen LogP contribution < -0.4 is 0 Å². The van der Waals surface area contributed by atoms with Crippen LogP contribution in [-0.2, 0) is 0 Å². The van der Waals surface area contributed by atoms with Crippen LogP contribution in [0.5, 0.6) is 0 Å². The molecule has 0 aromatic rings. The molecule has 0 aromatic heterocycles. The molecule has 102 valence electrons. The van der Waals surface area contributed by atoms with Gasteiger partial charge in [-0.25, -0.2) is 0 Å². The molecular weight excluding hydrogens is 218 g/mol. The maximum atomic E-state index is 9.54. The molecule has 2 atom stereocenters. The molecule has 0 spiro atoms. The Morgan fingerprint density at radius 2 is 1.89 bits per heavy atom. The van der Waals surface area contributed by atoms with Crippen LogP contribution in [0.15, 0.2) is 0 Å². The first-order valence-corrected chi connectivity index (χ1v) is 8.19. The normalized spacial score (nSPS) is 32.8. The summed E-state index contributed by atoms with van der Waals surface area (Å²) in [5, 5.41) is 9.54. The van der Waals surface area contributed by atoms with Crippen LogP contribution >= 0.6 is 0 Å². The molecule has 2 fully saturated rings. The summed E-state index contributed by atoms with van der Waals surface area (Å²) in [5.41, 5.74) is 0.0679. The van der Waals surface area contributed by atoms with Gasteiger partial charge < -0.3 is 0 Å². The molecule has 2 saturated carbocycles. The number of unbranched alkanes of at least 4 members (excludes halogenated alkanes) is 2. The fraction of sp³-hybridized carbons (Fsp3) is 0.941. The van der Waals surface area contributed by atoms with Crippen molar-refractivity contribution in [2.24, 2.45) is 17.3 Å². The lowest BCUT2D eigenvalue weighted by Crippen LogP contribution is -2.15. The third-order valence-corrected chi connectivity index (χ3v) is 5.35. The Balaban J connectivity index is 1.78. The zero-order valence-electron chi connectivity index (χ0n) is 12.1. The van der Waals surface area contributed by atoms with Gasteiger partial charge in [-0.15, -0.1) is 0 Å². The van der Waals surface area contributed by atoms with Gasteiger partial charge in [0.1, 0.15) is 0 Å². The van der Waals surface area contributed by atoms with Gasteiger partial charge >= 0.3 is 0 Å². The number of nitrogens with zero attached hydrogens (tertiary/aromatic N) is 1. The van der Waals surface area contributed by atoms with Crippen molar-refractivity contribution in [3.05, 3.63) is 0 Å². The molecule has 2 unspecified atom stereocenters. The average Bonchev–Trinajstić information content (AvgIpc) is 3.01. The molecule has 2 aliphatic rings. The van der Waals surface area contributed by atoms with Crippen molar-refractivity contribution >= 4 is 0 Å². The molecule has 0 aliphatic heterocycles. The van der Waals surface area contributed by atoms with Gasteiger partial charge in [0, 0.05) is 0 Å². The zero-order valence-corrected chi connectivity index (χ0v) is 12.1. The molecule has 2 aliphatic carbocycles. The van der Waals surface area contributed by atoms with Crippen molar-refractivity contribution < 1.29 is 0 Å². The molecule has 0 amide bonds. The first-order chi connectivity index (χ1) is 8.78. The second kappa shape index (κ2) is 6.60. The first-order valence-electron chi connectivity index (χ1n) is 8.19. The van der Waals surface area contributed by atoms with E-state index in [-0.39, 0.29) is 5.41 Å². The SMILES string of the molecule is CCCCCC1(C#N)CCC(CC2CCCC2)C1. The third kappa shape index (κ3) is 3.50. The lowest BCUT2D eigenvalue weighted by Gasteiger charge is -2.21. The molecular formula is C17H29N. The lowest BCUT2D eigenvalue weighted by molar-refractivity contribution is 0.317. The summed E-state index contributed by atoms with van der Waals surface area (Å²) < 4.78 is 0. The minimum atomic E-state index is 0.0679. The van der Waals surface area contributed by atoms with E-state index in [4.69, 9.17) is 0 Å². The minimum Gasteiger partial charge on any atom is -0.198 e. The number of hydrogen-bond donors (Lipinski definition) is 0. The Morgan fingerprint density at radius 1 is 1.11 bits per heavy atom. The summed E-state index contributed by atoms with van der Waals surface area (Å²) in [6.07, 6.45) is 16.0. The van der Waals surface area contributed by atoms with Gasteiger partial charge in [0.05, 0.1) is 11.5 Å². The number of hydrogen-bond acceptors (Lipinski definition) is 1. The molecule has 1 nitrogen and oxygen atoms in total. The van der Waals surface area contributed by atoms with E-state index in [1.807, 2.05) is 0 Å². The Labute approximate surface area is 113 Å². The molecule has 1 heteroatoms. The van der Waals surface area contributed by atoms with Crippen LogP contribution in [0.3, 0.4) is 0 Å². The Hall–Kier alpha value is -0.510. The van der Waals surface area contributed by atoms with Gasteiger partial charge in [-0.3, -0.25) is 0 Å². The van der Waals surface area contributed by atoms with Crippen molar-refractivity contribution in [3.63, 3.8) is 0 Å². The van der Waals surface area contributed by atoms with Crippen LogP contribution in [0.2, 0.25) is 0 Å². The largest absolute Gasteiger partial charge is 0.198 e. The molecule has 18 heavy (non-hydrogen) atoms. The van der Waals surface area contributed by atoms with Crippen molar-refractivity contribution in [1.29, 1.82) is 5.26 Å². The van der Waals surface area contributed by atoms with Crippen LogP contribution in [0, 0.1) is 28.6 Å². The summed E-state index contributed by atoms with van der Waals surface area (Å²) in [4.78, 5) is 0. The van der Waals surface area contributed by atoms with E-state index in [0.717, 1.165) is 11.8 Å². The van der Waals surface area contributed by atoms with Crippen molar-refractivity contribution in [3.8, 4) is 6.07 Å². The standard InChI is InChI=1S/C17H29N/c1-2-3-6-10-17(14-18)11-9-16(13-17)12-15-7-4-5-8-15/h15-16H,2-13H2,1H3. The van der Waals surface area contributed by atoms with Crippen molar-refractivity contribution in [2.45, 2.75) is 84.0 Å². The smallest absolute Gasteiger partial charge is 0.0689 e. The van der Waals surface area contributed by atoms with E-state index in [1.165, 1.54) is 77.0 Å². The van der Waals surface area contributed by atoms with Crippen molar-refractivity contribution in [1.82, 2.24) is 0 Å². The molecule has 0 saturated heterocycles. The number of rotatable bonds is 6. The lowest BCUT2D eigenvalue weighted by atomic mass is 9.80. The van der Waals surface area contributed by atoms with Gasteiger partial charge in [-0.2, -0.15) is 5.26 Å². The van der Waals surface area contributed by atoms with E-state index in [0.29, 0.717) is 0 Å². The molecule has 0 radical (unpaired) electrons. The highest BCUT2D eigenvalue weighted by atomic mass is 14.5. The monoisotopic (exact) mass is 247 g/mol. The van der Waals surface area contributed by atoms with E-state index >= 15 is 0 Å². The van der Waals surface area contributed by atoms with Gasteiger partial charge in [0.15, 0.2) is 0 Å². The van der Waals surface area contributed by atoms with Crippen molar-refractivity contribution in [2.75, 3.05) is 0 Å². The molecule has 0 aromatic carbocycles. The predicted molar refractivity (Wildman–Crippen MR) is 76.1 cm³/mol. The Morgan fingerprint density at radius 3 is 2.56 bits per heavy atom. The number of nitriles is 1. The van der Waals surface area contributed by atoms with Gasteiger partial charge in [0.2, 0.25) is 0 Å². The molecule has 0 heterocycles. The molecule has 0 bridgehead atoms. The highest BCUT2D eigenvalue weighted by Gasteiger charge is 2.39. The topological polar surface area (TPSA) is 23.8 Å². The summed E-state index contributed by atoms with van der Waals surface area (Å²) >= 11 is 0. The summed E-state index contributed by atoms with van der Waals surface area (Å²) in [7, 11) is 0. The maximum absolute atomic E-state index is 9.54. The van der Waals surface area contributed by atoms with E-state index < -0.39 is 0 Å².